The number of hydrogen-bond donors (Lipinski definition) is 1. The number of anilines is 2. The van der Waals surface area contributed by atoms with E-state index < -0.39 is 0 Å². The topological polar surface area (TPSA) is 64.3 Å². The Morgan fingerprint density at radius 2 is 2.22 bits per heavy atom. The number of rotatable bonds is 5. The van der Waals surface area contributed by atoms with Crippen LogP contribution in [0, 0.1) is 0 Å². The lowest BCUT2D eigenvalue weighted by Gasteiger charge is -2.31. The first-order valence-electron chi connectivity index (χ1n) is 6.74. The van der Waals surface area contributed by atoms with Gasteiger partial charge in [0.15, 0.2) is 0 Å². The van der Waals surface area contributed by atoms with Crippen molar-refractivity contribution in [3.63, 3.8) is 0 Å². The van der Waals surface area contributed by atoms with Gasteiger partial charge < -0.3 is 15.4 Å². The Labute approximate surface area is 108 Å². The zero-order valence-corrected chi connectivity index (χ0v) is 11.0. The van der Waals surface area contributed by atoms with Crippen LogP contribution in [0.5, 0.6) is 0 Å². The summed E-state index contributed by atoms with van der Waals surface area (Å²) >= 11 is 0. The van der Waals surface area contributed by atoms with E-state index in [-0.39, 0.29) is 0 Å². The molecule has 100 valence electrons. The highest BCUT2D eigenvalue weighted by Gasteiger charge is 2.21. The van der Waals surface area contributed by atoms with E-state index in [1.807, 2.05) is 0 Å². The lowest BCUT2D eigenvalue weighted by Crippen LogP contribution is -2.38. The van der Waals surface area contributed by atoms with Gasteiger partial charge in [0.25, 0.3) is 0 Å². The Balaban J connectivity index is 1.79. The van der Waals surface area contributed by atoms with Crippen molar-refractivity contribution in [2.75, 3.05) is 30.3 Å². The van der Waals surface area contributed by atoms with Crippen LogP contribution in [0.15, 0.2) is 12.3 Å². The SMILES string of the molecule is CCCCOC1CCN(c2nccc(N)n2)CC1. The van der Waals surface area contributed by atoms with Gasteiger partial charge in [0.2, 0.25) is 5.95 Å². The van der Waals surface area contributed by atoms with Crippen LogP contribution in [-0.4, -0.2) is 35.8 Å². The second kappa shape index (κ2) is 6.54. The number of piperidine rings is 1. The Kier molecular flexibility index (Phi) is 4.75. The minimum absolute atomic E-state index is 0.397. The van der Waals surface area contributed by atoms with Gasteiger partial charge in [-0.1, -0.05) is 13.3 Å². The van der Waals surface area contributed by atoms with E-state index in [1.54, 1.807) is 12.3 Å². The molecule has 0 atom stereocenters. The van der Waals surface area contributed by atoms with Crippen molar-refractivity contribution in [2.45, 2.75) is 38.7 Å². The maximum Gasteiger partial charge on any atom is 0.227 e. The summed E-state index contributed by atoms with van der Waals surface area (Å²) in [7, 11) is 0. The molecule has 1 aliphatic heterocycles. The molecule has 2 rings (SSSR count). The molecule has 1 fully saturated rings. The van der Waals surface area contributed by atoms with Crippen LogP contribution in [0.4, 0.5) is 11.8 Å². The molecule has 2 heterocycles. The highest BCUT2D eigenvalue weighted by molar-refractivity contribution is 5.37. The normalized spacial score (nSPS) is 17.1. The second-order valence-corrected chi connectivity index (χ2v) is 4.69. The molecule has 1 aromatic heterocycles. The lowest BCUT2D eigenvalue weighted by atomic mass is 10.1. The largest absolute Gasteiger partial charge is 0.384 e. The van der Waals surface area contributed by atoms with E-state index in [2.05, 4.69) is 21.8 Å². The summed E-state index contributed by atoms with van der Waals surface area (Å²) in [5.74, 6) is 1.27. The minimum atomic E-state index is 0.397. The molecule has 0 unspecified atom stereocenters. The molecule has 1 aliphatic rings. The van der Waals surface area contributed by atoms with Crippen molar-refractivity contribution in [1.82, 2.24) is 9.97 Å². The van der Waals surface area contributed by atoms with Crippen molar-refractivity contribution < 1.29 is 4.74 Å². The van der Waals surface area contributed by atoms with Crippen LogP contribution in [0.25, 0.3) is 0 Å². The molecule has 18 heavy (non-hydrogen) atoms. The maximum atomic E-state index is 5.84. The molecule has 0 spiro atoms. The first-order valence-corrected chi connectivity index (χ1v) is 6.74. The molecule has 0 saturated carbocycles. The Hall–Kier alpha value is -1.36. The van der Waals surface area contributed by atoms with Crippen LogP contribution in [0.2, 0.25) is 0 Å². The van der Waals surface area contributed by atoms with Gasteiger partial charge >= 0.3 is 0 Å². The van der Waals surface area contributed by atoms with Gasteiger partial charge in [0, 0.05) is 25.9 Å². The highest BCUT2D eigenvalue weighted by Crippen LogP contribution is 2.18. The fraction of sp³-hybridized carbons (Fsp3) is 0.692. The Morgan fingerprint density at radius 1 is 1.44 bits per heavy atom. The number of nitrogen functional groups attached to an aromatic ring is 1. The van der Waals surface area contributed by atoms with Gasteiger partial charge in [0.05, 0.1) is 6.10 Å². The monoisotopic (exact) mass is 250 g/mol. The number of unbranched alkanes of at least 4 members (excludes halogenated alkanes) is 1. The van der Waals surface area contributed by atoms with Crippen molar-refractivity contribution in [3.8, 4) is 0 Å². The van der Waals surface area contributed by atoms with Gasteiger partial charge in [-0.3, -0.25) is 0 Å². The summed E-state index contributed by atoms with van der Waals surface area (Å²) in [6, 6.07) is 1.71. The van der Waals surface area contributed by atoms with Gasteiger partial charge in [-0.15, -0.1) is 0 Å². The summed E-state index contributed by atoms with van der Waals surface area (Å²) in [5.41, 5.74) is 5.67. The molecule has 0 radical (unpaired) electrons. The average Bonchev–Trinajstić information content (AvgIpc) is 2.40. The first-order chi connectivity index (χ1) is 8.79. The smallest absolute Gasteiger partial charge is 0.227 e. The molecular weight excluding hydrogens is 228 g/mol. The van der Waals surface area contributed by atoms with Gasteiger partial charge in [-0.2, -0.15) is 4.98 Å². The number of nitrogens with zero attached hydrogens (tertiary/aromatic N) is 3. The summed E-state index contributed by atoms with van der Waals surface area (Å²) < 4.78 is 5.84. The number of hydrogen-bond acceptors (Lipinski definition) is 5. The molecule has 0 bridgehead atoms. The summed E-state index contributed by atoms with van der Waals surface area (Å²) in [4.78, 5) is 10.7. The Bertz CT molecular complexity index is 364. The van der Waals surface area contributed by atoms with Crippen LogP contribution < -0.4 is 10.6 Å². The van der Waals surface area contributed by atoms with E-state index in [9.17, 15) is 0 Å². The Morgan fingerprint density at radius 3 is 2.89 bits per heavy atom. The van der Waals surface area contributed by atoms with Gasteiger partial charge in [0.1, 0.15) is 5.82 Å². The molecule has 0 aliphatic carbocycles. The van der Waals surface area contributed by atoms with Crippen molar-refractivity contribution >= 4 is 11.8 Å². The average molecular weight is 250 g/mol. The van der Waals surface area contributed by atoms with Crippen LogP contribution in [0.3, 0.4) is 0 Å². The fourth-order valence-corrected chi connectivity index (χ4v) is 2.13. The fourth-order valence-electron chi connectivity index (χ4n) is 2.13. The molecule has 5 nitrogen and oxygen atoms in total. The zero-order valence-electron chi connectivity index (χ0n) is 11.0. The lowest BCUT2D eigenvalue weighted by molar-refractivity contribution is 0.0353. The molecule has 1 aromatic rings. The maximum absolute atomic E-state index is 5.84. The molecular formula is C13H22N4O. The van der Waals surface area contributed by atoms with Crippen molar-refractivity contribution in [2.24, 2.45) is 0 Å². The van der Waals surface area contributed by atoms with E-state index in [0.29, 0.717) is 11.9 Å². The number of ether oxygens (including phenoxy) is 1. The van der Waals surface area contributed by atoms with E-state index in [4.69, 9.17) is 10.5 Å². The van der Waals surface area contributed by atoms with Crippen LogP contribution >= 0.6 is 0 Å². The predicted molar refractivity (Wildman–Crippen MR) is 72.5 cm³/mol. The molecule has 2 N–H and O–H groups in total. The quantitative estimate of drug-likeness (QED) is 0.808. The third kappa shape index (κ3) is 3.57. The van der Waals surface area contributed by atoms with Crippen LogP contribution in [-0.2, 0) is 4.74 Å². The number of aromatic nitrogens is 2. The summed E-state index contributed by atoms with van der Waals surface area (Å²) in [6.07, 6.45) is 6.54. The van der Waals surface area contributed by atoms with Gasteiger partial charge in [-0.25, -0.2) is 4.98 Å². The molecule has 0 amide bonds. The third-order valence-electron chi connectivity index (χ3n) is 3.24. The summed E-state index contributed by atoms with van der Waals surface area (Å²) in [6.45, 7) is 4.96. The number of nitrogens with two attached hydrogens (primary N) is 1. The molecule has 5 heteroatoms. The van der Waals surface area contributed by atoms with Crippen LogP contribution in [0.1, 0.15) is 32.6 Å². The second-order valence-electron chi connectivity index (χ2n) is 4.69. The predicted octanol–water partition coefficient (Wildman–Crippen LogP) is 1.84. The third-order valence-corrected chi connectivity index (χ3v) is 3.24. The van der Waals surface area contributed by atoms with Gasteiger partial charge in [-0.05, 0) is 25.3 Å². The molecule has 1 saturated heterocycles. The summed E-state index contributed by atoms with van der Waals surface area (Å²) in [5, 5.41) is 0. The zero-order chi connectivity index (χ0) is 12.8. The van der Waals surface area contributed by atoms with Crippen molar-refractivity contribution in [3.05, 3.63) is 12.3 Å². The van der Waals surface area contributed by atoms with Crippen molar-refractivity contribution in [1.29, 1.82) is 0 Å². The highest BCUT2D eigenvalue weighted by atomic mass is 16.5. The van der Waals surface area contributed by atoms with E-state index in [1.165, 1.54) is 6.42 Å². The van der Waals surface area contributed by atoms with E-state index in [0.717, 1.165) is 44.9 Å². The standard InChI is InChI=1S/C13H22N4O/c1-2-3-10-18-11-5-8-17(9-6-11)13-15-7-4-12(14)16-13/h4,7,11H,2-3,5-6,8-10H2,1H3,(H2,14,15,16). The van der Waals surface area contributed by atoms with E-state index >= 15 is 0 Å². The molecule has 0 aromatic carbocycles. The first kappa shape index (κ1) is 13.1. The minimum Gasteiger partial charge on any atom is -0.384 e.